The minimum absolute atomic E-state index is 0.347. The second-order valence-electron chi connectivity index (χ2n) is 5.53. The van der Waals surface area contributed by atoms with Crippen molar-refractivity contribution in [1.29, 1.82) is 0 Å². The van der Waals surface area contributed by atoms with E-state index in [2.05, 4.69) is 27.8 Å². The van der Waals surface area contributed by atoms with Gasteiger partial charge in [-0.2, -0.15) is 0 Å². The summed E-state index contributed by atoms with van der Waals surface area (Å²) in [5.74, 6) is -0.347. The van der Waals surface area contributed by atoms with E-state index in [0.29, 0.717) is 12.0 Å². The summed E-state index contributed by atoms with van der Waals surface area (Å²) in [6.45, 7) is 3.85. The molecule has 2 aromatic carbocycles. The third-order valence-corrected chi connectivity index (χ3v) is 5.27. The Bertz CT molecular complexity index is 813. The number of carbonyl (C=O) groups excluding carboxylic acids is 1. The molecule has 0 aliphatic carbocycles. The van der Waals surface area contributed by atoms with Crippen molar-refractivity contribution in [3.8, 4) is 0 Å². The Hall–Kier alpha value is -2.33. The van der Waals surface area contributed by atoms with Crippen molar-refractivity contribution < 1.29 is 9.53 Å². The third kappa shape index (κ3) is 2.67. The Morgan fingerprint density at radius 1 is 1.21 bits per heavy atom. The lowest BCUT2D eigenvalue weighted by atomic mass is 9.84. The maximum atomic E-state index is 12.6. The van der Waals surface area contributed by atoms with E-state index < -0.39 is 4.45 Å². The van der Waals surface area contributed by atoms with Crippen molar-refractivity contribution in [3.63, 3.8) is 0 Å². The zero-order chi connectivity index (χ0) is 17.2. The zero-order valence-electron chi connectivity index (χ0n) is 13.4. The first kappa shape index (κ1) is 16.5. The highest BCUT2D eigenvalue weighted by Crippen LogP contribution is 2.49. The fraction of sp³-hybridized carbons (Fsp3) is 0.150. The smallest absolute Gasteiger partial charge is 0.338 e. The van der Waals surface area contributed by atoms with E-state index in [4.69, 9.17) is 4.74 Å². The lowest BCUT2D eigenvalue weighted by molar-refractivity contribution is -0.133. The molecule has 1 aliphatic heterocycles. The molecule has 0 amide bonds. The van der Waals surface area contributed by atoms with E-state index in [-0.39, 0.29) is 5.97 Å². The number of anilines is 1. The topological polar surface area (TPSA) is 38.3 Å². The fourth-order valence-corrected chi connectivity index (χ4v) is 3.88. The summed E-state index contributed by atoms with van der Waals surface area (Å²) in [4.78, 5) is 12.6. The number of nitrogens with one attached hydrogen (secondary N) is 1. The van der Waals surface area contributed by atoms with Crippen LogP contribution in [-0.2, 0) is 14.0 Å². The van der Waals surface area contributed by atoms with Crippen LogP contribution in [0.1, 0.15) is 17.5 Å². The standard InChI is InChI=1S/C20H18BrNO2/c1-3-9-16-18(19(23)24-2)15-12-7-8-13-17(15)22-20(16,21)14-10-5-4-6-11-14/h3-8,10-13,22H,1,9H2,2H3. The predicted octanol–water partition coefficient (Wildman–Crippen LogP) is 4.86. The number of ether oxygens (including phenoxy) is 1. The lowest BCUT2D eigenvalue weighted by Gasteiger charge is -2.39. The van der Waals surface area contributed by atoms with Crippen LogP contribution in [0.4, 0.5) is 5.69 Å². The van der Waals surface area contributed by atoms with E-state index in [0.717, 1.165) is 22.4 Å². The third-order valence-electron chi connectivity index (χ3n) is 4.13. The lowest BCUT2D eigenvalue weighted by Crippen LogP contribution is -2.36. The molecule has 1 N–H and O–H groups in total. The van der Waals surface area contributed by atoms with Crippen LogP contribution in [0.15, 0.2) is 72.8 Å². The molecule has 0 saturated heterocycles. The van der Waals surface area contributed by atoms with Gasteiger partial charge in [0, 0.05) is 11.3 Å². The number of methoxy groups -OCH3 is 1. The van der Waals surface area contributed by atoms with Gasteiger partial charge in [0.1, 0.15) is 4.45 Å². The molecular formula is C20H18BrNO2. The highest BCUT2D eigenvalue weighted by molar-refractivity contribution is 9.09. The Morgan fingerprint density at radius 3 is 2.54 bits per heavy atom. The van der Waals surface area contributed by atoms with Crippen molar-refractivity contribution in [2.75, 3.05) is 12.4 Å². The molecule has 3 nitrogen and oxygen atoms in total. The number of rotatable bonds is 4. The Morgan fingerprint density at radius 2 is 1.88 bits per heavy atom. The molecule has 3 rings (SSSR count). The highest BCUT2D eigenvalue weighted by Gasteiger charge is 2.41. The molecule has 4 heteroatoms. The summed E-state index contributed by atoms with van der Waals surface area (Å²) < 4.78 is 4.38. The average molecular weight is 384 g/mol. The molecule has 1 aliphatic rings. The number of hydrogen-bond acceptors (Lipinski definition) is 3. The molecule has 24 heavy (non-hydrogen) atoms. The largest absolute Gasteiger partial charge is 0.465 e. The van der Waals surface area contributed by atoms with Crippen molar-refractivity contribution in [2.24, 2.45) is 0 Å². The number of halogens is 1. The number of para-hydroxylation sites is 1. The normalized spacial score (nSPS) is 19.2. The predicted molar refractivity (Wildman–Crippen MR) is 101 cm³/mol. The molecule has 1 unspecified atom stereocenters. The van der Waals surface area contributed by atoms with Crippen molar-refractivity contribution in [1.82, 2.24) is 0 Å². The van der Waals surface area contributed by atoms with E-state index in [9.17, 15) is 4.79 Å². The highest BCUT2D eigenvalue weighted by atomic mass is 79.9. The van der Waals surface area contributed by atoms with Crippen LogP contribution in [0.25, 0.3) is 5.57 Å². The van der Waals surface area contributed by atoms with Crippen LogP contribution < -0.4 is 5.32 Å². The van der Waals surface area contributed by atoms with Gasteiger partial charge in [0.2, 0.25) is 0 Å². The van der Waals surface area contributed by atoms with Crippen LogP contribution in [0.5, 0.6) is 0 Å². The van der Waals surface area contributed by atoms with Gasteiger partial charge in [-0.15, -0.1) is 6.58 Å². The van der Waals surface area contributed by atoms with Gasteiger partial charge in [0.25, 0.3) is 0 Å². The number of hydrogen-bond donors (Lipinski definition) is 1. The monoisotopic (exact) mass is 383 g/mol. The van der Waals surface area contributed by atoms with Gasteiger partial charge in [-0.1, -0.05) is 70.5 Å². The average Bonchev–Trinajstić information content (AvgIpc) is 2.62. The minimum atomic E-state index is -0.694. The van der Waals surface area contributed by atoms with Gasteiger partial charge in [0.05, 0.1) is 12.7 Å². The molecule has 0 radical (unpaired) electrons. The van der Waals surface area contributed by atoms with Crippen molar-refractivity contribution >= 4 is 33.2 Å². The fourth-order valence-electron chi connectivity index (χ4n) is 3.04. The summed E-state index contributed by atoms with van der Waals surface area (Å²) >= 11 is 3.85. The van der Waals surface area contributed by atoms with E-state index >= 15 is 0 Å². The molecular weight excluding hydrogens is 366 g/mol. The summed E-state index contributed by atoms with van der Waals surface area (Å²) in [5, 5.41) is 3.54. The van der Waals surface area contributed by atoms with E-state index in [1.54, 1.807) is 6.08 Å². The molecule has 1 heterocycles. The summed E-state index contributed by atoms with van der Waals surface area (Å²) in [6.07, 6.45) is 2.35. The second kappa shape index (κ2) is 6.65. The number of benzene rings is 2. The number of fused-ring (bicyclic) bond motifs is 1. The van der Waals surface area contributed by atoms with E-state index in [1.807, 2.05) is 54.6 Å². The van der Waals surface area contributed by atoms with Gasteiger partial charge < -0.3 is 10.1 Å². The van der Waals surface area contributed by atoms with Gasteiger partial charge >= 0.3 is 5.97 Å². The van der Waals surface area contributed by atoms with Gasteiger partial charge in [-0.3, -0.25) is 0 Å². The van der Waals surface area contributed by atoms with Crippen LogP contribution in [0.2, 0.25) is 0 Å². The first-order chi connectivity index (χ1) is 11.6. The molecule has 0 saturated carbocycles. The number of esters is 1. The quantitative estimate of drug-likeness (QED) is 0.354. The molecule has 0 aromatic heterocycles. The van der Waals surface area contributed by atoms with Crippen LogP contribution in [-0.4, -0.2) is 13.1 Å². The first-order valence-electron chi connectivity index (χ1n) is 7.66. The minimum Gasteiger partial charge on any atom is -0.465 e. The van der Waals surface area contributed by atoms with Crippen LogP contribution >= 0.6 is 15.9 Å². The Kier molecular flexibility index (Phi) is 4.58. The molecule has 0 spiro atoms. The molecule has 2 aromatic rings. The Labute approximate surface area is 150 Å². The number of carbonyl (C=O) groups is 1. The first-order valence-corrected chi connectivity index (χ1v) is 8.46. The van der Waals surface area contributed by atoms with Crippen LogP contribution in [0.3, 0.4) is 0 Å². The van der Waals surface area contributed by atoms with Gasteiger partial charge in [0.15, 0.2) is 0 Å². The van der Waals surface area contributed by atoms with Crippen molar-refractivity contribution in [2.45, 2.75) is 10.9 Å². The zero-order valence-corrected chi connectivity index (χ0v) is 15.0. The summed E-state index contributed by atoms with van der Waals surface area (Å²) in [6, 6.07) is 17.7. The molecule has 0 fully saturated rings. The van der Waals surface area contributed by atoms with Crippen LogP contribution in [0, 0.1) is 0 Å². The summed E-state index contributed by atoms with van der Waals surface area (Å²) in [5.41, 5.74) is 4.19. The SMILES string of the molecule is C=CCC1=C(C(=O)OC)c2ccccc2NC1(Br)c1ccccc1. The Balaban J connectivity index is 2.32. The number of allylic oxidation sites excluding steroid dienone is 1. The summed E-state index contributed by atoms with van der Waals surface area (Å²) in [7, 11) is 1.41. The molecule has 1 atom stereocenters. The second-order valence-corrected chi connectivity index (χ2v) is 6.72. The number of alkyl halides is 1. The maximum Gasteiger partial charge on any atom is 0.338 e. The van der Waals surface area contributed by atoms with Gasteiger partial charge in [-0.25, -0.2) is 4.79 Å². The molecule has 0 bridgehead atoms. The van der Waals surface area contributed by atoms with Gasteiger partial charge in [-0.05, 0) is 23.6 Å². The maximum absolute atomic E-state index is 12.6. The van der Waals surface area contributed by atoms with Crippen molar-refractivity contribution in [3.05, 3.63) is 84.0 Å². The molecule has 122 valence electrons. The van der Waals surface area contributed by atoms with E-state index in [1.165, 1.54) is 7.11 Å².